The Morgan fingerprint density at radius 3 is 3.05 bits per heavy atom. The highest BCUT2D eigenvalue weighted by Crippen LogP contribution is 2.48. The Morgan fingerprint density at radius 2 is 2.29 bits per heavy atom. The molecule has 2 aliphatic rings. The van der Waals surface area contributed by atoms with Gasteiger partial charge in [0.2, 0.25) is 0 Å². The van der Waals surface area contributed by atoms with Crippen molar-refractivity contribution >= 4 is 0 Å². The van der Waals surface area contributed by atoms with Gasteiger partial charge in [-0.2, -0.15) is 5.26 Å². The Kier molecular flexibility index (Phi) is 3.64. The summed E-state index contributed by atoms with van der Waals surface area (Å²) in [7, 11) is 0. The van der Waals surface area contributed by atoms with E-state index in [0.717, 1.165) is 30.8 Å². The zero-order valence-electron chi connectivity index (χ0n) is 12.4. The molecule has 3 atom stereocenters. The number of ether oxygens (including phenoxy) is 1. The molecule has 2 aliphatic heterocycles. The molecule has 0 radical (unpaired) electrons. The third-order valence-electron chi connectivity index (χ3n) is 5.22. The van der Waals surface area contributed by atoms with E-state index in [1.807, 2.05) is 24.3 Å². The third kappa shape index (κ3) is 2.12. The van der Waals surface area contributed by atoms with Gasteiger partial charge in [-0.15, -0.1) is 0 Å². The number of aliphatic hydroxyl groups is 1. The van der Waals surface area contributed by atoms with Crippen molar-refractivity contribution in [1.29, 1.82) is 5.26 Å². The van der Waals surface area contributed by atoms with Crippen LogP contribution in [0.25, 0.3) is 0 Å². The van der Waals surface area contributed by atoms with Crippen LogP contribution in [0.3, 0.4) is 0 Å². The third-order valence-corrected chi connectivity index (χ3v) is 5.22. The number of benzene rings is 1. The smallest absolute Gasteiger partial charge is 0.124 e. The maximum Gasteiger partial charge on any atom is 0.124 e. The van der Waals surface area contributed by atoms with Crippen LogP contribution < -0.4 is 10.1 Å². The minimum absolute atomic E-state index is 0.0831. The Balaban J connectivity index is 2.00. The molecule has 1 aromatic carbocycles. The predicted octanol–water partition coefficient (Wildman–Crippen LogP) is 1.88. The Hall–Kier alpha value is -1.57. The van der Waals surface area contributed by atoms with Gasteiger partial charge in [0.1, 0.15) is 17.8 Å². The van der Waals surface area contributed by atoms with Gasteiger partial charge in [0, 0.05) is 18.9 Å². The predicted molar refractivity (Wildman–Crippen MR) is 79.9 cm³/mol. The van der Waals surface area contributed by atoms with Crippen molar-refractivity contribution in [2.75, 3.05) is 19.7 Å². The van der Waals surface area contributed by atoms with Crippen LogP contribution >= 0.6 is 0 Å². The van der Waals surface area contributed by atoms with Crippen LogP contribution in [0.15, 0.2) is 24.3 Å². The van der Waals surface area contributed by atoms with E-state index in [2.05, 4.69) is 18.3 Å². The molecule has 21 heavy (non-hydrogen) atoms. The molecule has 0 amide bonds. The van der Waals surface area contributed by atoms with Crippen molar-refractivity contribution < 1.29 is 9.84 Å². The molecule has 4 nitrogen and oxygen atoms in total. The number of rotatable bonds is 2. The van der Waals surface area contributed by atoms with Gasteiger partial charge in [-0.25, -0.2) is 0 Å². The lowest BCUT2D eigenvalue weighted by Gasteiger charge is -2.51. The number of hydrogen-bond acceptors (Lipinski definition) is 4. The Morgan fingerprint density at radius 1 is 1.48 bits per heavy atom. The minimum atomic E-state index is -0.991. The second-order valence-corrected chi connectivity index (χ2v) is 6.25. The summed E-state index contributed by atoms with van der Waals surface area (Å²) in [4.78, 5) is 0. The van der Waals surface area contributed by atoms with E-state index in [0.29, 0.717) is 12.8 Å². The molecular formula is C17H22N2O2. The van der Waals surface area contributed by atoms with Crippen molar-refractivity contribution in [1.82, 2.24) is 5.32 Å². The van der Waals surface area contributed by atoms with Gasteiger partial charge in [0.25, 0.3) is 0 Å². The number of fused-ring (bicyclic) bond motifs is 1. The summed E-state index contributed by atoms with van der Waals surface area (Å²) >= 11 is 0. The molecule has 112 valence electrons. The molecule has 3 unspecified atom stereocenters. The van der Waals surface area contributed by atoms with E-state index in [1.165, 1.54) is 0 Å². The molecular weight excluding hydrogens is 264 g/mol. The normalized spacial score (nSPS) is 35.4. The van der Waals surface area contributed by atoms with Gasteiger partial charge >= 0.3 is 0 Å². The van der Waals surface area contributed by atoms with Crippen molar-refractivity contribution in [3.05, 3.63) is 29.8 Å². The van der Waals surface area contributed by atoms with Crippen LogP contribution in [0.1, 0.15) is 25.3 Å². The first-order valence-corrected chi connectivity index (χ1v) is 7.70. The summed E-state index contributed by atoms with van der Waals surface area (Å²) in [6, 6.07) is 10.2. The second kappa shape index (κ2) is 5.32. The average molecular weight is 286 g/mol. The van der Waals surface area contributed by atoms with Crippen LogP contribution in [-0.2, 0) is 6.42 Å². The van der Waals surface area contributed by atoms with Gasteiger partial charge < -0.3 is 15.2 Å². The van der Waals surface area contributed by atoms with Crippen LogP contribution in [0.2, 0.25) is 0 Å². The van der Waals surface area contributed by atoms with Gasteiger partial charge in [0.05, 0.1) is 11.7 Å². The summed E-state index contributed by atoms with van der Waals surface area (Å²) in [6.45, 7) is 3.86. The van der Waals surface area contributed by atoms with E-state index in [-0.39, 0.29) is 12.5 Å². The second-order valence-electron chi connectivity index (χ2n) is 6.25. The van der Waals surface area contributed by atoms with Crippen molar-refractivity contribution in [2.24, 2.45) is 11.3 Å². The highest BCUT2D eigenvalue weighted by molar-refractivity contribution is 5.39. The standard InChI is InChI=1S/C17H22N2O2/c1-2-14-10-19-8-7-17(14,20)16(11-18)9-13-5-3-4-6-15(13)21-12-16/h3-6,14,19-20H,2,7-10,12H2,1H3. The highest BCUT2D eigenvalue weighted by Gasteiger charge is 2.57. The zero-order chi connectivity index (χ0) is 14.9. The summed E-state index contributed by atoms with van der Waals surface area (Å²) in [5, 5.41) is 24.6. The van der Waals surface area contributed by atoms with E-state index in [1.54, 1.807) is 0 Å². The van der Waals surface area contributed by atoms with Crippen LogP contribution in [0.5, 0.6) is 5.75 Å². The Bertz CT molecular complexity index is 568. The molecule has 3 rings (SSSR count). The maximum absolute atomic E-state index is 11.4. The van der Waals surface area contributed by atoms with Crippen molar-refractivity contribution in [3.63, 3.8) is 0 Å². The summed E-state index contributed by atoms with van der Waals surface area (Å²) < 4.78 is 5.84. The van der Waals surface area contributed by atoms with E-state index >= 15 is 0 Å². The quantitative estimate of drug-likeness (QED) is 0.871. The summed E-state index contributed by atoms with van der Waals surface area (Å²) in [5.41, 5.74) is -0.827. The number of piperidine rings is 1. The molecule has 0 aliphatic carbocycles. The summed E-state index contributed by atoms with van der Waals surface area (Å²) in [6.07, 6.45) is 2.02. The molecule has 1 aromatic rings. The lowest BCUT2D eigenvalue weighted by atomic mass is 9.60. The fraction of sp³-hybridized carbons (Fsp3) is 0.588. The highest BCUT2D eigenvalue weighted by atomic mass is 16.5. The largest absolute Gasteiger partial charge is 0.492 e. The van der Waals surface area contributed by atoms with Crippen LogP contribution in [0.4, 0.5) is 0 Å². The molecule has 0 spiro atoms. The van der Waals surface area contributed by atoms with Gasteiger partial charge in [-0.3, -0.25) is 0 Å². The first-order valence-electron chi connectivity index (χ1n) is 7.70. The van der Waals surface area contributed by atoms with Crippen molar-refractivity contribution in [3.8, 4) is 11.8 Å². The molecule has 1 fully saturated rings. The number of hydrogen-bond donors (Lipinski definition) is 2. The number of para-hydroxylation sites is 1. The zero-order valence-corrected chi connectivity index (χ0v) is 12.4. The van der Waals surface area contributed by atoms with E-state index < -0.39 is 11.0 Å². The van der Waals surface area contributed by atoms with Crippen LogP contribution in [-0.4, -0.2) is 30.4 Å². The topological polar surface area (TPSA) is 65.3 Å². The monoisotopic (exact) mass is 286 g/mol. The van der Waals surface area contributed by atoms with Gasteiger partial charge in [-0.1, -0.05) is 25.1 Å². The molecule has 0 saturated carbocycles. The maximum atomic E-state index is 11.4. The van der Waals surface area contributed by atoms with E-state index in [9.17, 15) is 10.4 Å². The number of nitriles is 1. The minimum Gasteiger partial charge on any atom is -0.492 e. The first kappa shape index (κ1) is 14.4. The SMILES string of the molecule is CCC1CNCCC1(O)C1(C#N)COc2ccccc2C1. The van der Waals surface area contributed by atoms with E-state index in [4.69, 9.17) is 4.74 Å². The molecule has 0 aromatic heterocycles. The first-order chi connectivity index (χ1) is 10.1. The average Bonchev–Trinajstić information content (AvgIpc) is 2.54. The fourth-order valence-electron chi connectivity index (χ4n) is 3.85. The molecule has 2 heterocycles. The van der Waals surface area contributed by atoms with Gasteiger partial charge in [-0.05, 0) is 31.0 Å². The molecule has 0 bridgehead atoms. The van der Waals surface area contributed by atoms with Crippen molar-refractivity contribution in [2.45, 2.75) is 31.8 Å². The molecule has 1 saturated heterocycles. The fourth-order valence-corrected chi connectivity index (χ4v) is 3.85. The lowest BCUT2D eigenvalue weighted by Crippen LogP contribution is -2.63. The number of nitrogens with one attached hydrogen (secondary N) is 1. The summed E-state index contributed by atoms with van der Waals surface area (Å²) in [5.74, 6) is 0.925. The molecule has 2 N–H and O–H groups in total. The number of nitrogens with zero attached hydrogens (tertiary/aromatic N) is 1. The van der Waals surface area contributed by atoms with Gasteiger partial charge in [0.15, 0.2) is 0 Å². The lowest BCUT2D eigenvalue weighted by molar-refractivity contribution is -0.136. The molecule has 4 heteroatoms. The Labute approximate surface area is 125 Å². The van der Waals surface area contributed by atoms with Crippen LogP contribution in [0, 0.1) is 22.7 Å².